The van der Waals surface area contributed by atoms with Crippen LogP contribution in [0.3, 0.4) is 0 Å². The zero-order chi connectivity index (χ0) is 26.2. The quantitative estimate of drug-likeness (QED) is 0.101. The molecule has 0 amide bonds. The van der Waals surface area contributed by atoms with Gasteiger partial charge in [0, 0.05) is 13.1 Å². The van der Waals surface area contributed by atoms with Gasteiger partial charge in [-0.15, -0.1) is 0 Å². The first kappa shape index (κ1) is 35.8. The van der Waals surface area contributed by atoms with Crippen LogP contribution in [0.5, 0.6) is 0 Å². The van der Waals surface area contributed by atoms with Gasteiger partial charge in [-0.3, -0.25) is 4.90 Å². The van der Waals surface area contributed by atoms with Crippen LogP contribution >= 0.6 is 0 Å². The van der Waals surface area contributed by atoms with Crippen LogP contribution in [0, 0.1) is 0 Å². The second kappa shape index (κ2) is 32.8. The first-order valence-corrected chi connectivity index (χ1v) is 15.5. The molecule has 0 heterocycles. The molecule has 6 nitrogen and oxygen atoms in total. The molecule has 6 heteroatoms. The first-order valence-electron chi connectivity index (χ1n) is 15.5. The summed E-state index contributed by atoms with van der Waals surface area (Å²) >= 11 is 0. The van der Waals surface area contributed by atoms with Gasteiger partial charge in [0.25, 0.3) is 0 Å². The second-order valence-corrected chi connectivity index (χ2v) is 10.1. The van der Waals surface area contributed by atoms with Crippen molar-refractivity contribution >= 4 is 0 Å². The van der Waals surface area contributed by atoms with Crippen molar-refractivity contribution in [2.45, 2.75) is 122 Å². The van der Waals surface area contributed by atoms with Crippen LogP contribution in [0.4, 0.5) is 0 Å². The van der Waals surface area contributed by atoms with E-state index >= 15 is 0 Å². The summed E-state index contributed by atoms with van der Waals surface area (Å²) in [7, 11) is 0. The molecule has 218 valence electrons. The predicted octanol–water partition coefficient (Wildman–Crippen LogP) is 6.36. The molecule has 0 aliphatic rings. The zero-order valence-electron chi connectivity index (χ0n) is 24.1. The van der Waals surface area contributed by atoms with Crippen LogP contribution < -0.4 is 0 Å². The van der Waals surface area contributed by atoms with Gasteiger partial charge in [0.2, 0.25) is 0 Å². The Morgan fingerprint density at radius 2 is 0.778 bits per heavy atom. The predicted molar refractivity (Wildman–Crippen MR) is 152 cm³/mol. The van der Waals surface area contributed by atoms with E-state index in [1.54, 1.807) is 0 Å². The van der Waals surface area contributed by atoms with Crippen molar-refractivity contribution in [1.29, 1.82) is 0 Å². The van der Waals surface area contributed by atoms with Gasteiger partial charge in [-0.2, -0.15) is 0 Å². The number of aliphatic hydroxyl groups excluding tert-OH is 2. The molecule has 36 heavy (non-hydrogen) atoms. The van der Waals surface area contributed by atoms with Gasteiger partial charge in [-0.25, -0.2) is 0 Å². The number of rotatable bonds is 32. The Labute approximate surface area is 224 Å². The highest BCUT2D eigenvalue weighted by Crippen LogP contribution is 2.14. The molecule has 0 aromatic rings. The molecule has 0 rings (SSSR count). The fraction of sp³-hybridized carbons (Fsp3) is 1.00. The van der Waals surface area contributed by atoms with E-state index in [-0.39, 0.29) is 13.2 Å². The van der Waals surface area contributed by atoms with Crippen LogP contribution in [-0.2, 0) is 14.2 Å². The Hall–Kier alpha value is -0.240. The second-order valence-electron chi connectivity index (χ2n) is 10.1. The molecule has 0 aliphatic heterocycles. The van der Waals surface area contributed by atoms with Crippen molar-refractivity contribution in [2.75, 3.05) is 72.5 Å². The highest BCUT2D eigenvalue weighted by Gasteiger charge is 2.04. The van der Waals surface area contributed by atoms with Crippen LogP contribution in [0.1, 0.15) is 122 Å². The summed E-state index contributed by atoms with van der Waals surface area (Å²) < 4.78 is 16.2. The van der Waals surface area contributed by atoms with Gasteiger partial charge in [-0.1, -0.05) is 116 Å². The molecule has 0 unspecified atom stereocenters. The smallest absolute Gasteiger partial charge is 0.0701 e. The maximum atomic E-state index is 9.32. The number of hydrogen-bond donors (Lipinski definition) is 2. The number of aliphatic hydroxyl groups is 2. The molecule has 0 atom stereocenters. The van der Waals surface area contributed by atoms with Crippen molar-refractivity contribution in [3.63, 3.8) is 0 Å². The SMILES string of the molecule is CCCCCCCCCCCCCCCCCCCCN(CCO)CCOCCOCCOCCO. The lowest BCUT2D eigenvalue weighted by molar-refractivity contribution is 0.00405. The number of unbranched alkanes of at least 4 members (excludes halogenated alkanes) is 17. The maximum Gasteiger partial charge on any atom is 0.0701 e. The first-order chi connectivity index (χ1) is 17.8. The highest BCUT2D eigenvalue weighted by molar-refractivity contribution is 4.58. The lowest BCUT2D eigenvalue weighted by Crippen LogP contribution is -2.31. The van der Waals surface area contributed by atoms with Gasteiger partial charge >= 0.3 is 0 Å². The Balaban J connectivity index is 3.33. The van der Waals surface area contributed by atoms with E-state index in [1.165, 1.54) is 116 Å². The molecule has 0 fully saturated rings. The number of hydrogen-bond acceptors (Lipinski definition) is 6. The number of nitrogens with zero attached hydrogens (tertiary/aromatic N) is 1. The molecule has 0 spiro atoms. The molecule has 0 bridgehead atoms. The fourth-order valence-corrected chi connectivity index (χ4v) is 4.51. The maximum absolute atomic E-state index is 9.32. The van der Waals surface area contributed by atoms with Crippen molar-refractivity contribution in [2.24, 2.45) is 0 Å². The molecular formula is C30H63NO5. The van der Waals surface area contributed by atoms with Crippen molar-refractivity contribution in [1.82, 2.24) is 4.90 Å². The van der Waals surface area contributed by atoms with E-state index in [2.05, 4.69) is 11.8 Å². The molecule has 0 aromatic heterocycles. The van der Waals surface area contributed by atoms with E-state index in [4.69, 9.17) is 19.3 Å². The van der Waals surface area contributed by atoms with Crippen LogP contribution in [0.15, 0.2) is 0 Å². The largest absolute Gasteiger partial charge is 0.395 e. The molecule has 2 N–H and O–H groups in total. The Morgan fingerprint density at radius 1 is 0.389 bits per heavy atom. The van der Waals surface area contributed by atoms with E-state index in [1.807, 2.05) is 0 Å². The normalized spacial score (nSPS) is 11.7. The average Bonchev–Trinajstić information content (AvgIpc) is 2.89. The molecule has 0 aromatic carbocycles. The summed E-state index contributed by atoms with van der Waals surface area (Å²) in [4.78, 5) is 2.30. The monoisotopic (exact) mass is 517 g/mol. The van der Waals surface area contributed by atoms with E-state index in [0.29, 0.717) is 39.6 Å². The Kier molecular flexibility index (Phi) is 32.6. The van der Waals surface area contributed by atoms with Crippen LogP contribution in [0.2, 0.25) is 0 Å². The van der Waals surface area contributed by atoms with E-state index in [9.17, 15) is 5.11 Å². The minimum Gasteiger partial charge on any atom is -0.395 e. The topological polar surface area (TPSA) is 71.4 Å². The lowest BCUT2D eigenvalue weighted by Gasteiger charge is -2.21. The van der Waals surface area contributed by atoms with Crippen molar-refractivity contribution < 1.29 is 24.4 Å². The van der Waals surface area contributed by atoms with Crippen LogP contribution in [-0.4, -0.2) is 87.6 Å². The average molecular weight is 518 g/mol. The van der Waals surface area contributed by atoms with Gasteiger partial charge in [0.05, 0.1) is 52.9 Å². The standard InChI is InChI=1S/C30H63NO5/c1-2-3-4-5-6-7-8-9-10-11-12-13-14-15-16-17-18-19-20-31(21-23-32)22-25-34-27-29-36-30-28-35-26-24-33/h32-33H,2-30H2,1H3. The highest BCUT2D eigenvalue weighted by atomic mass is 16.5. The molecule has 0 saturated carbocycles. The third-order valence-corrected chi connectivity index (χ3v) is 6.78. The summed E-state index contributed by atoms with van der Waals surface area (Å²) in [6, 6.07) is 0. The van der Waals surface area contributed by atoms with Gasteiger partial charge < -0.3 is 24.4 Å². The molecular weight excluding hydrogens is 454 g/mol. The summed E-state index contributed by atoms with van der Waals surface area (Å²) in [5.41, 5.74) is 0. The Morgan fingerprint density at radius 3 is 1.19 bits per heavy atom. The minimum atomic E-state index is 0.0486. The minimum absolute atomic E-state index is 0.0486. The summed E-state index contributed by atoms with van der Waals surface area (Å²) in [5.74, 6) is 0. The summed E-state index contributed by atoms with van der Waals surface area (Å²) in [5, 5.41) is 17.9. The summed E-state index contributed by atoms with van der Waals surface area (Å²) in [6.45, 7) is 8.36. The zero-order valence-corrected chi connectivity index (χ0v) is 24.1. The third-order valence-electron chi connectivity index (χ3n) is 6.78. The van der Waals surface area contributed by atoms with E-state index < -0.39 is 0 Å². The van der Waals surface area contributed by atoms with E-state index in [0.717, 1.165) is 19.6 Å². The van der Waals surface area contributed by atoms with Gasteiger partial charge in [0.15, 0.2) is 0 Å². The fourth-order valence-electron chi connectivity index (χ4n) is 4.51. The molecule has 0 saturated heterocycles. The van der Waals surface area contributed by atoms with Gasteiger partial charge in [-0.05, 0) is 13.0 Å². The van der Waals surface area contributed by atoms with Gasteiger partial charge in [0.1, 0.15) is 0 Å². The molecule has 0 radical (unpaired) electrons. The number of ether oxygens (including phenoxy) is 3. The lowest BCUT2D eigenvalue weighted by atomic mass is 10.0. The molecule has 0 aliphatic carbocycles. The Bertz CT molecular complexity index is 386. The third kappa shape index (κ3) is 30.0. The van der Waals surface area contributed by atoms with Crippen molar-refractivity contribution in [3.8, 4) is 0 Å². The van der Waals surface area contributed by atoms with Crippen molar-refractivity contribution in [3.05, 3.63) is 0 Å². The summed E-state index contributed by atoms with van der Waals surface area (Å²) in [6.07, 6.45) is 25.2. The van der Waals surface area contributed by atoms with Crippen LogP contribution in [0.25, 0.3) is 0 Å².